The number of amides is 1. The Labute approximate surface area is 164 Å². The Balaban J connectivity index is 1.77. The van der Waals surface area contributed by atoms with Gasteiger partial charge in [0, 0.05) is 17.1 Å². The predicted octanol–water partition coefficient (Wildman–Crippen LogP) is 5.49. The van der Waals surface area contributed by atoms with Crippen molar-refractivity contribution in [3.63, 3.8) is 0 Å². The van der Waals surface area contributed by atoms with Crippen LogP contribution in [0, 0.1) is 6.92 Å². The average molecular weight is 364 g/mol. The largest absolute Gasteiger partial charge is 0.298 e. The summed E-state index contributed by atoms with van der Waals surface area (Å²) in [4.78, 5) is 20.3. The summed E-state index contributed by atoms with van der Waals surface area (Å²) in [7, 11) is 0. The molecule has 4 aromatic rings. The summed E-state index contributed by atoms with van der Waals surface area (Å²) in [5, 5.41) is 1.04. The van der Waals surface area contributed by atoms with Crippen LogP contribution in [0.1, 0.15) is 33.1 Å². The van der Waals surface area contributed by atoms with Gasteiger partial charge in [0.2, 0.25) is 0 Å². The maximum atomic E-state index is 13.8. The number of nitrogens with zero attached hydrogens (tertiary/aromatic N) is 2. The lowest BCUT2D eigenvalue weighted by Crippen LogP contribution is -2.41. The third-order valence-electron chi connectivity index (χ3n) is 5.57. The minimum absolute atomic E-state index is 0.0476. The molecule has 1 aliphatic rings. The molecule has 2 heterocycles. The monoisotopic (exact) mass is 364 g/mol. The highest BCUT2D eigenvalue weighted by molar-refractivity contribution is 6.13. The highest BCUT2D eigenvalue weighted by Crippen LogP contribution is 2.40. The Morgan fingerprint density at radius 1 is 0.893 bits per heavy atom. The van der Waals surface area contributed by atoms with Crippen molar-refractivity contribution in [1.82, 2.24) is 4.98 Å². The Morgan fingerprint density at radius 2 is 1.68 bits per heavy atom. The number of para-hydroxylation sites is 1. The van der Waals surface area contributed by atoms with Crippen LogP contribution in [0.25, 0.3) is 10.9 Å². The van der Waals surface area contributed by atoms with E-state index in [-0.39, 0.29) is 11.9 Å². The second-order valence-corrected chi connectivity index (χ2v) is 7.27. The molecule has 5 rings (SSSR count). The number of carbonyl (C=O) groups excluding carboxylic acids is 1. The number of pyridine rings is 1. The molecule has 3 heteroatoms. The van der Waals surface area contributed by atoms with Crippen LogP contribution in [0.15, 0.2) is 85.1 Å². The summed E-state index contributed by atoms with van der Waals surface area (Å²) in [6, 6.07) is 26.4. The zero-order valence-corrected chi connectivity index (χ0v) is 15.7. The van der Waals surface area contributed by atoms with Gasteiger partial charge < -0.3 is 0 Å². The van der Waals surface area contributed by atoms with Gasteiger partial charge in [-0.25, -0.2) is 0 Å². The fourth-order valence-corrected chi connectivity index (χ4v) is 4.27. The number of aryl methyl sites for hydroxylation is 1. The zero-order chi connectivity index (χ0) is 19.1. The van der Waals surface area contributed by atoms with E-state index in [1.54, 1.807) is 6.20 Å². The van der Waals surface area contributed by atoms with E-state index < -0.39 is 0 Å². The first-order valence-corrected chi connectivity index (χ1v) is 9.55. The van der Waals surface area contributed by atoms with Gasteiger partial charge in [-0.05, 0) is 42.2 Å². The lowest BCUT2D eigenvalue weighted by molar-refractivity contribution is 0.0966. The van der Waals surface area contributed by atoms with E-state index in [9.17, 15) is 4.79 Å². The Kier molecular flexibility index (Phi) is 3.94. The molecule has 0 aliphatic carbocycles. The molecule has 1 aliphatic heterocycles. The first-order valence-electron chi connectivity index (χ1n) is 9.55. The summed E-state index contributed by atoms with van der Waals surface area (Å²) in [5.41, 5.74) is 5.82. The van der Waals surface area contributed by atoms with Crippen molar-refractivity contribution in [2.24, 2.45) is 0 Å². The second-order valence-electron chi connectivity index (χ2n) is 7.27. The molecule has 3 nitrogen and oxygen atoms in total. The van der Waals surface area contributed by atoms with E-state index >= 15 is 0 Å². The van der Waals surface area contributed by atoms with Crippen LogP contribution in [0.5, 0.6) is 0 Å². The van der Waals surface area contributed by atoms with E-state index in [4.69, 9.17) is 0 Å². The average Bonchev–Trinajstić information content (AvgIpc) is 2.74. The highest BCUT2D eigenvalue weighted by atomic mass is 16.2. The molecule has 1 atom stereocenters. The first-order chi connectivity index (χ1) is 13.7. The van der Waals surface area contributed by atoms with Crippen LogP contribution in [0.3, 0.4) is 0 Å². The Morgan fingerprint density at radius 3 is 2.54 bits per heavy atom. The van der Waals surface area contributed by atoms with E-state index in [1.165, 1.54) is 0 Å². The molecule has 3 aromatic carbocycles. The topological polar surface area (TPSA) is 33.2 Å². The second kappa shape index (κ2) is 6.61. The lowest BCUT2D eigenvalue weighted by Gasteiger charge is -2.38. The van der Waals surface area contributed by atoms with Gasteiger partial charge in [-0.15, -0.1) is 0 Å². The SMILES string of the molecule is Cc1cccc2c1C(=O)N(c1cccc3cccnc13)C(c1ccccc1)C2. The van der Waals surface area contributed by atoms with E-state index in [2.05, 4.69) is 23.2 Å². The van der Waals surface area contributed by atoms with Crippen molar-refractivity contribution < 1.29 is 4.79 Å². The van der Waals surface area contributed by atoms with Crippen LogP contribution in [-0.4, -0.2) is 10.9 Å². The summed E-state index contributed by atoms with van der Waals surface area (Å²) < 4.78 is 0. The number of hydrogen-bond acceptors (Lipinski definition) is 2. The summed E-state index contributed by atoms with van der Waals surface area (Å²) in [6.07, 6.45) is 2.58. The molecule has 0 N–H and O–H groups in total. The standard InChI is InChI=1S/C25H20N2O/c1-17-8-5-12-20-16-22(18-9-3-2-4-10-18)27(25(28)23(17)20)21-14-6-11-19-13-7-15-26-24(19)21/h2-15,22H,16H2,1H3. The van der Waals surface area contributed by atoms with Crippen molar-refractivity contribution in [1.29, 1.82) is 0 Å². The van der Waals surface area contributed by atoms with Crippen LogP contribution in [0.4, 0.5) is 5.69 Å². The van der Waals surface area contributed by atoms with Gasteiger partial charge in [-0.3, -0.25) is 14.7 Å². The van der Waals surface area contributed by atoms with Gasteiger partial charge in [0.25, 0.3) is 5.91 Å². The van der Waals surface area contributed by atoms with Crippen LogP contribution in [-0.2, 0) is 6.42 Å². The molecule has 0 saturated carbocycles. The zero-order valence-electron chi connectivity index (χ0n) is 15.7. The van der Waals surface area contributed by atoms with Crippen LogP contribution < -0.4 is 4.90 Å². The van der Waals surface area contributed by atoms with Crippen molar-refractivity contribution in [3.05, 3.63) is 107 Å². The van der Waals surface area contributed by atoms with Crippen molar-refractivity contribution in [3.8, 4) is 0 Å². The van der Waals surface area contributed by atoms with Gasteiger partial charge in [0.1, 0.15) is 0 Å². The normalized spacial score (nSPS) is 16.2. The summed E-state index contributed by atoms with van der Waals surface area (Å²) in [6.45, 7) is 2.01. The first kappa shape index (κ1) is 16.7. The number of rotatable bonds is 2. The number of hydrogen-bond donors (Lipinski definition) is 0. The molecular weight excluding hydrogens is 344 g/mol. The maximum Gasteiger partial charge on any atom is 0.259 e. The number of fused-ring (bicyclic) bond motifs is 2. The highest BCUT2D eigenvalue weighted by Gasteiger charge is 2.36. The minimum atomic E-state index is -0.0596. The minimum Gasteiger partial charge on any atom is -0.298 e. The maximum absolute atomic E-state index is 13.8. The molecule has 0 fully saturated rings. The number of anilines is 1. The van der Waals surface area contributed by atoms with Gasteiger partial charge in [-0.1, -0.05) is 66.7 Å². The summed E-state index contributed by atoms with van der Waals surface area (Å²) in [5.74, 6) is 0.0476. The number of aromatic nitrogens is 1. The Bertz CT molecular complexity index is 1180. The molecule has 0 radical (unpaired) electrons. The molecule has 0 spiro atoms. The summed E-state index contributed by atoms with van der Waals surface area (Å²) >= 11 is 0. The Hall–Kier alpha value is -3.46. The molecule has 28 heavy (non-hydrogen) atoms. The molecular formula is C25H20N2O. The van der Waals surface area contributed by atoms with Gasteiger partial charge in [0.15, 0.2) is 0 Å². The van der Waals surface area contributed by atoms with Gasteiger partial charge in [0.05, 0.1) is 17.2 Å². The van der Waals surface area contributed by atoms with Crippen LogP contribution >= 0.6 is 0 Å². The quantitative estimate of drug-likeness (QED) is 0.471. The van der Waals surface area contributed by atoms with Gasteiger partial charge >= 0.3 is 0 Å². The third-order valence-corrected chi connectivity index (χ3v) is 5.57. The van der Waals surface area contributed by atoms with E-state index in [0.29, 0.717) is 0 Å². The van der Waals surface area contributed by atoms with E-state index in [1.807, 2.05) is 72.5 Å². The predicted molar refractivity (Wildman–Crippen MR) is 113 cm³/mol. The molecule has 0 bridgehead atoms. The molecule has 1 aromatic heterocycles. The number of carbonyl (C=O) groups is 1. The van der Waals surface area contributed by atoms with Crippen LogP contribution in [0.2, 0.25) is 0 Å². The smallest absolute Gasteiger partial charge is 0.259 e. The fourth-order valence-electron chi connectivity index (χ4n) is 4.27. The molecule has 0 saturated heterocycles. The number of benzene rings is 3. The van der Waals surface area contributed by atoms with E-state index in [0.717, 1.165) is 45.3 Å². The van der Waals surface area contributed by atoms with Crippen molar-refractivity contribution in [2.75, 3.05) is 4.90 Å². The lowest BCUT2D eigenvalue weighted by atomic mass is 9.86. The molecule has 1 amide bonds. The van der Waals surface area contributed by atoms with Crippen molar-refractivity contribution in [2.45, 2.75) is 19.4 Å². The fraction of sp³-hybridized carbons (Fsp3) is 0.120. The van der Waals surface area contributed by atoms with Gasteiger partial charge in [-0.2, -0.15) is 0 Å². The molecule has 1 unspecified atom stereocenters. The third kappa shape index (κ3) is 2.59. The molecule has 136 valence electrons. The van der Waals surface area contributed by atoms with Crippen molar-refractivity contribution >= 4 is 22.5 Å².